The molecule has 1 saturated carbocycles. The summed E-state index contributed by atoms with van der Waals surface area (Å²) in [7, 11) is 0. The molecule has 3 N–H and O–H groups in total. The van der Waals surface area contributed by atoms with Gasteiger partial charge in [0, 0.05) is 10.6 Å². The van der Waals surface area contributed by atoms with E-state index in [0.29, 0.717) is 11.2 Å². The van der Waals surface area contributed by atoms with Gasteiger partial charge in [0.2, 0.25) is 5.95 Å². The van der Waals surface area contributed by atoms with Crippen LogP contribution in [0.1, 0.15) is 25.7 Å². The average molecular weight is 260 g/mol. The molecule has 1 aromatic carbocycles. The molecule has 0 atom stereocenters. The zero-order valence-electron chi connectivity index (χ0n) is 10.1. The lowest BCUT2D eigenvalue weighted by atomic mass is 10.2. The number of para-hydroxylation sites is 1. The zero-order chi connectivity index (χ0) is 12.4. The maximum Gasteiger partial charge on any atom is 0.238 e. The van der Waals surface area contributed by atoms with E-state index in [1.807, 2.05) is 30.0 Å². The molecule has 5 heteroatoms. The Labute approximate surface area is 110 Å². The van der Waals surface area contributed by atoms with Gasteiger partial charge in [0.05, 0.1) is 5.52 Å². The molecule has 3 rings (SSSR count). The van der Waals surface area contributed by atoms with Crippen LogP contribution in [0.15, 0.2) is 29.3 Å². The van der Waals surface area contributed by atoms with Crippen molar-refractivity contribution in [3.05, 3.63) is 24.3 Å². The van der Waals surface area contributed by atoms with Crippen molar-refractivity contribution < 1.29 is 0 Å². The first-order valence-corrected chi connectivity index (χ1v) is 7.15. The molecule has 1 aliphatic rings. The first kappa shape index (κ1) is 11.7. The summed E-state index contributed by atoms with van der Waals surface area (Å²) in [5.41, 5.74) is 3.49. The molecule has 0 saturated heterocycles. The number of nitrogens with zero attached hydrogens (tertiary/aromatic N) is 2. The van der Waals surface area contributed by atoms with Crippen LogP contribution in [0.25, 0.3) is 10.9 Å². The van der Waals surface area contributed by atoms with Crippen LogP contribution in [-0.2, 0) is 0 Å². The van der Waals surface area contributed by atoms with E-state index in [1.54, 1.807) is 0 Å². The van der Waals surface area contributed by atoms with Gasteiger partial charge in [0.1, 0.15) is 5.03 Å². The number of benzene rings is 1. The fraction of sp³-hybridized carbons (Fsp3) is 0.385. The van der Waals surface area contributed by atoms with Gasteiger partial charge in [-0.05, 0) is 18.9 Å². The van der Waals surface area contributed by atoms with Gasteiger partial charge in [-0.2, -0.15) is 0 Å². The molecule has 0 aliphatic heterocycles. The lowest BCUT2D eigenvalue weighted by molar-refractivity contribution is 0.886. The average Bonchev–Trinajstić information content (AvgIpc) is 2.91. The SMILES string of the molecule is NNc1nc(SC2CCCC2)c2ccccc2n1. The molecule has 4 nitrogen and oxygen atoms in total. The van der Waals surface area contributed by atoms with Crippen LogP contribution in [0.3, 0.4) is 0 Å². The Kier molecular flexibility index (Phi) is 3.34. The molecular weight excluding hydrogens is 244 g/mol. The van der Waals surface area contributed by atoms with Crippen molar-refractivity contribution in [3.8, 4) is 0 Å². The zero-order valence-corrected chi connectivity index (χ0v) is 10.9. The van der Waals surface area contributed by atoms with Crippen molar-refractivity contribution in [1.82, 2.24) is 9.97 Å². The van der Waals surface area contributed by atoms with Crippen LogP contribution in [0.2, 0.25) is 0 Å². The lowest BCUT2D eigenvalue weighted by Gasteiger charge is -2.11. The number of aromatic nitrogens is 2. The number of anilines is 1. The van der Waals surface area contributed by atoms with E-state index in [9.17, 15) is 0 Å². The van der Waals surface area contributed by atoms with E-state index in [4.69, 9.17) is 5.84 Å². The van der Waals surface area contributed by atoms with E-state index in [-0.39, 0.29) is 0 Å². The second kappa shape index (κ2) is 5.12. The smallest absolute Gasteiger partial charge is 0.238 e. The molecular formula is C13H16N4S. The van der Waals surface area contributed by atoms with Gasteiger partial charge in [0.15, 0.2) is 0 Å². The van der Waals surface area contributed by atoms with Crippen LogP contribution in [0.4, 0.5) is 5.95 Å². The van der Waals surface area contributed by atoms with Gasteiger partial charge in [-0.1, -0.05) is 31.0 Å². The summed E-state index contributed by atoms with van der Waals surface area (Å²) in [4.78, 5) is 8.87. The summed E-state index contributed by atoms with van der Waals surface area (Å²) in [6.07, 6.45) is 5.24. The molecule has 1 aliphatic carbocycles. The van der Waals surface area contributed by atoms with Gasteiger partial charge in [-0.15, -0.1) is 11.8 Å². The third-order valence-electron chi connectivity index (χ3n) is 3.28. The largest absolute Gasteiger partial charge is 0.292 e. The normalized spacial score (nSPS) is 16.3. The fourth-order valence-corrected chi connectivity index (χ4v) is 3.69. The van der Waals surface area contributed by atoms with Crippen LogP contribution < -0.4 is 11.3 Å². The van der Waals surface area contributed by atoms with Gasteiger partial charge < -0.3 is 0 Å². The van der Waals surface area contributed by atoms with Gasteiger partial charge in [0.25, 0.3) is 0 Å². The number of hydrazine groups is 1. The molecule has 0 bridgehead atoms. The van der Waals surface area contributed by atoms with E-state index in [2.05, 4.69) is 21.5 Å². The molecule has 1 aromatic heterocycles. The molecule has 0 amide bonds. The Hall–Kier alpha value is -1.33. The fourth-order valence-electron chi connectivity index (χ4n) is 2.37. The standard InChI is InChI=1S/C13H16N4S/c14-17-13-15-11-8-4-3-7-10(11)12(16-13)18-9-5-1-2-6-9/h3-4,7-9H,1-2,5-6,14H2,(H,15,16,17). The second-order valence-electron chi connectivity index (χ2n) is 4.54. The van der Waals surface area contributed by atoms with E-state index in [0.717, 1.165) is 15.9 Å². The third kappa shape index (κ3) is 2.28. The summed E-state index contributed by atoms with van der Waals surface area (Å²) in [6.45, 7) is 0. The summed E-state index contributed by atoms with van der Waals surface area (Å²) in [6, 6.07) is 8.09. The Balaban J connectivity index is 2.01. The van der Waals surface area contributed by atoms with Crippen molar-refractivity contribution in [1.29, 1.82) is 0 Å². The number of hydrogen-bond acceptors (Lipinski definition) is 5. The highest BCUT2D eigenvalue weighted by atomic mass is 32.2. The van der Waals surface area contributed by atoms with Gasteiger partial charge in [-0.3, -0.25) is 5.43 Å². The summed E-state index contributed by atoms with van der Waals surface area (Å²) in [5, 5.41) is 2.85. The summed E-state index contributed by atoms with van der Waals surface area (Å²) >= 11 is 1.86. The van der Waals surface area contributed by atoms with Gasteiger partial charge >= 0.3 is 0 Å². The summed E-state index contributed by atoms with van der Waals surface area (Å²) < 4.78 is 0. The highest BCUT2D eigenvalue weighted by Crippen LogP contribution is 2.36. The topological polar surface area (TPSA) is 63.8 Å². The first-order chi connectivity index (χ1) is 8.86. The van der Waals surface area contributed by atoms with Crippen molar-refractivity contribution in [2.75, 3.05) is 5.43 Å². The highest BCUT2D eigenvalue weighted by molar-refractivity contribution is 8.00. The Morgan fingerprint density at radius 2 is 1.94 bits per heavy atom. The molecule has 0 spiro atoms. The van der Waals surface area contributed by atoms with Crippen molar-refractivity contribution in [2.24, 2.45) is 5.84 Å². The predicted molar refractivity (Wildman–Crippen MR) is 75.5 cm³/mol. The Morgan fingerprint density at radius 3 is 2.72 bits per heavy atom. The lowest BCUT2D eigenvalue weighted by Crippen LogP contribution is -2.11. The van der Waals surface area contributed by atoms with E-state index >= 15 is 0 Å². The molecule has 0 unspecified atom stereocenters. The van der Waals surface area contributed by atoms with Crippen molar-refractivity contribution >= 4 is 28.6 Å². The molecule has 18 heavy (non-hydrogen) atoms. The molecule has 0 radical (unpaired) electrons. The number of fused-ring (bicyclic) bond motifs is 1. The summed E-state index contributed by atoms with van der Waals surface area (Å²) in [5.74, 6) is 5.93. The number of thioether (sulfide) groups is 1. The second-order valence-corrected chi connectivity index (χ2v) is 5.83. The van der Waals surface area contributed by atoms with Crippen molar-refractivity contribution in [3.63, 3.8) is 0 Å². The number of nitrogens with two attached hydrogens (primary N) is 1. The number of nitrogen functional groups attached to an aromatic ring is 1. The maximum atomic E-state index is 5.43. The van der Waals surface area contributed by atoms with Gasteiger partial charge in [-0.25, -0.2) is 15.8 Å². The monoisotopic (exact) mass is 260 g/mol. The maximum absolute atomic E-state index is 5.43. The van der Waals surface area contributed by atoms with Crippen LogP contribution in [0, 0.1) is 0 Å². The van der Waals surface area contributed by atoms with Crippen LogP contribution in [-0.4, -0.2) is 15.2 Å². The van der Waals surface area contributed by atoms with Crippen LogP contribution >= 0.6 is 11.8 Å². The first-order valence-electron chi connectivity index (χ1n) is 6.27. The third-order valence-corrected chi connectivity index (χ3v) is 4.62. The molecule has 1 heterocycles. The predicted octanol–water partition coefficient (Wildman–Crippen LogP) is 2.95. The van der Waals surface area contributed by atoms with Crippen molar-refractivity contribution in [2.45, 2.75) is 36.0 Å². The quantitative estimate of drug-likeness (QED) is 0.504. The Morgan fingerprint density at radius 1 is 1.17 bits per heavy atom. The molecule has 94 valence electrons. The minimum absolute atomic E-state index is 0.495. The molecule has 1 fully saturated rings. The van der Waals surface area contributed by atoms with E-state index in [1.165, 1.54) is 25.7 Å². The molecule has 2 aromatic rings. The minimum atomic E-state index is 0.495. The van der Waals surface area contributed by atoms with E-state index < -0.39 is 0 Å². The number of rotatable bonds is 3. The minimum Gasteiger partial charge on any atom is -0.292 e. The number of hydrogen-bond donors (Lipinski definition) is 2. The van der Waals surface area contributed by atoms with Crippen LogP contribution in [0.5, 0.6) is 0 Å². The number of nitrogens with one attached hydrogen (secondary N) is 1. The Bertz CT molecular complexity index is 552. The highest BCUT2D eigenvalue weighted by Gasteiger charge is 2.18.